The van der Waals surface area contributed by atoms with Crippen LogP contribution in [0.25, 0.3) is 0 Å². The van der Waals surface area contributed by atoms with Gasteiger partial charge in [-0.2, -0.15) is 0 Å². The molecule has 1 rings (SSSR count). The molecule has 1 aliphatic rings. The van der Waals surface area contributed by atoms with Crippen molar-refractivity contribution in [1.29, 1.82) is 0 Å². The maximum absolute atomic E-state index is 3.91. The van der Waals surface area contributed by atoms with Crippen LogP contribution in [0.3, 0.4) is 0 Å². The second-order valence-electron chi connectivity index (χ2n) is 2.66. The Bertz CT molecular complexity index is 133. The Morgan fingerprint density at radius 2 is 1.50 bits per heavy atom. The van der Waals surface area contributed by atoms with Crippen LogP contribution in [-0.2, 0) is 0 Å². The Morgan fingerprint density at radius 3 is 1.62 bits per heavy atom. The summed E-state index contributed by atoms with van der Waals surface area (Å²) >= 11 is 0. The predicted molar refractivity (Wildman–Crippen MR) is 36.7 cm³/mol. The highest BCUT2D eigenvalue weighted by atomic mass is 14.1. The minimum Gasteiger partial charge on any atom is -0.0992 e. The highest BCUT2D eigenvalue weighted by Gasteiger charge is 2.08. The van der Waals surface area contributed by atoms with Gasteiger partial charge >= 0.3 is 0 Å². The Labute approximate surface area is 50.9 Å². The van der Waals surface area contributed by atoms with Crippen LogP contribution in [0.2, 0.25) is 0 Å². The molecule has 0 nitrogen and oxygen atoms in total. The lowest BCUT2D eigenvalue weighted by Gasteiger charge is -1.86. The molecule has 0 bridgehead atoms. The zero-order chi connectivity index (χ0) is 6.15. The Hall–Kier alpha value is -0.520. The van der Waals surface area contributed by atoms with Crippen LogP contribution in [0, 0.1) is 0 Å². The molecule has 0 heteroatoms. The van der Waals surface area contributed by atoms with Crippen molar-refractivity contribution < 1.29 is 0 Å². The first-order chi connectivity index (χ1) is 3.70. The topological polar surface area (TPSA) is 0 Å². The molecule has 0 fully saturated rings. The maximum atomic E-state index is 3.91. The van der Waals surface area contributed by atoms with Crippen molar-refractivity contribution in [3.63, 3.8) is 0 Å². The first kappa shape index (κ1) is 5.61. The Morgan fingerprint density at radius 1 is 1.12 bits per heavy atom. The van der Waals surface area contributed by atoms with Crippen molar-refractivity contribution in [3.05, 3.63) is 23.3 Å². The minimum atomic E-state index is 1.14. The van der Waals surface area contributed by atoms with Crippen molar-refractivity contribution in [2.75, 3.05) is 0 Å². The van der Waals surface area contributed by atoms with Gasteiger partial charge in [0.25, 0.3) is 0 Å². The fourth-order valence-corrected chi connectivity index (χ4v) is 1.11. The number of allylic oxidation sites excluding steroid dienone is 3. The Balaban J connectivity index is 2.73. The molecule has 0 saturated carbocycles. The van der Waals surface area contributed by atoms with Crippen molar-refractivity contribution in [1.82, 2.24) is 0 Å². The van der Waals surface area contributed by atoms with Crippen LogP contribution < -0.4 is 0 Å². The van der Waals surface area contributed by atoms with Gasteiger partial charge in [0.15, 0.2) is 0 Å². The van der Waals surface area contributed by atoms with E-state index in [-0.39, 0.29) is 0 Å². The largest absolute Gasteiger partial charge is 0.0992 e. The normalized spacial score (nSPS) is 20.5. The molecule has 0 aliphatic heterocycles. The van der Waals surface area contributed by atoms with Gasteiger partial charge in [0.1, 0.15) is 0 Å². The van der Waals surface area contributed by atoms with E-state index in [1.807, 2.05) is 0 Å². The molecular formula is C8H12. The van der Waals surface area contributed by atoms with Crippen LogP contribution >= 0.6 is 0 Å². The molecule has 0 aromatic heterocycles. The number of hydrogen-bond donors (Lipinski definition) is 0. The summed E-state index contributed by atoms with van der Waals surface area (Å²) in [7, 11) is 0. The van der Waals surface area contributed by atoms with Crippen LogP contribution in [-0.4, -0.2) is 0 Å². The minimum absolute atomic E-state index is 1.14. The summed E-state index contributed by atoms with van der Waals surface area (Å²) < 4.78 is 0. The molecule has 0 atom stereocenters. The monoisotopic (exact) mass is 108 g/mol. The van der Waals surface area contributed by atoms with E-state index >= 15 is 0 Å². The van der Waals surface area contributed by atoms with Crippen molar-refractivity contribution in [2.24, 2.45) is 0 Å². The van der Waals surface area contributed by atoms with Crippen LogP contribution in [0.4, 0.5) is 0 Å². The van der Waals surface area contributed by atoms with Crippen molar-refractivity contribution in [3.8, 4) is 0 Å². The summed E-state index contributed by atoms with van der Waals surface area (Å²) in [6.07, 6.45) is 2.29. The summed E-state index contributed by atoms with van der Waals surface area (Å²) in [4.78, 5) is 0. The van der Waals surface area contributed by atoms with Gasteiger partial charge in [-0.25, -0.2) is 0 Å². The quantitative estimate of drug-likeness (QED) is 0.418. The Kier molecular flexibility index (Phi) is 1.24. The first-order valence-electron chi connectivity index (χ1n) is 3.02. The van der Waals surface area contributed by atoms with Crippen molar-refractivity contribution in [2.45, 2.75) is 26.7 Å². The molecule has 44 valence electrons. The molecule has 0 aromatic rings. The third kappa shape index (κ3) is 0.835. The molecule has 0 amide bonds. The predicted octanol–water partition coefficient (Wildman–Crippen LogP) is 2.67. The summed E-state index contributed by atoms with van der Waals surface area (Å²) in [5.41, 5.74) is 4.42. The zero-order valence-electron chi connectivity index (χ0n) is 5.62. The highest BCUT2D eigenvalue weighted by Crippen LogP contribution is 2.28. The van der Waals surface area contributed by atoms with Crippen LogP contribution in [0.15, 0.2) is 23.3 Å². The first-order valence-corrected chi connectivity index (χ1v) is 3.02. The van der Waals surface area contributed by atoms with E-state index in [1.54, 1.807) is 0 Å². The molecular weight excluding hydrogens is 96.1 g/mol. The van der Waals surface area contributed by atoms with Gasteiger partial charge in [0.05, 0.1) is 0 Å². The standard InChI is InChI=1S/C8H12/c1-6-4-7(2)8(3)5-6/h1,4-5H2,2-3H3. The molecule has 0 unspecified atom stereocenters. The van der Waals surface area contributed by atoms with Gasteiger partial charge < -0.3 is 0 Å². The van der Waals surface area contributed by atoms with Crippen LogP contribution in [0.5, 0.6) is 0 Å². The lowest BCUT2D eigenvalue weighted by molar-refractivity contribution is 1.15. The van der Waals surface area contributed by atoms with Crippen LogP contribution in [0.1, 0.15) is 26.7 Å². The van der Waals surface area contributed by atoms with Gasteiger partial charge in [-0.1, -0.05) is 23.3 Å². The van der Waals surface area contributed by atoms with Gasteiger partial charge in [-0.15, -0.1) is 0 Å². The molecule has 0 N–H and O–H groups in total. The fourth-order valence-electron chi connectivity index (χ4n) is 1.11. The molecule has 0 aromatic carbocycles. The molecule has 0 saturated heterocycles. The lowest BCUT2D eigenvalue weighted by atomic mass is 10.2. The number of hydrogen-bond acceptors (Lipinski definition) is 0. The van der Waals surface area contributed by atoms with E-state index in [4.69, 9.17) is 0 Å². The summed E-state index contributed by atoms with van der Waals surface area (Å²) in [5, 5.41) is 0. The third-order valence-corrected chi connectivity index (χ3v) is 1.76. The van der Waals surface area contributed by atoms with Gasteiger partial charge in [-0.05, 0) is 26.7 Å². The molecule has 8 heavy (non-hydrogen) atoms. The smallest absolute Gasteiger partial charge is 0.0108 e. The lowest BCUT2D eigenvalue weighted by Crippen LogP contribution is -1.66. The van der Waals surface area contributed by atoms with E-state index in [2.05, 4.69) is 20.4 Å². The third-order valence-electron chi connectivity index (χ3n) is 1.76. The van der Waals surface area contributed by atoms with Gasteiger partial charge in [-0.3, -0.25) is 0 Å². The van der Waals surface area contributed by atoms with E-state index in [0.29, 0.717) is 0 Å². The van der Waals surface area contributed by atoms with Crippen molar-refractivity contribution >= 4 is 0 Å². The zero-order valence-corrected chi connectivity index (χ0v) is 5.62. The second kappa shape index (κ2) is 1.77. The van der Waals surface area contributed by atoms with Gasteiger partial charge in [0.2, 0.25) is 0 Å². The van der Waals surface area contributed by atoms with E-state index < -0.39 is 0 Å². The number of rotatable bonds is 0. The average molecular weight is 108 g/mol. The highest BCUT2D eigenvalue weighted by molar-refractivity contribution is 5.28. The van der Waals surface area contributed by atoms with E-state index in [1.165, 1.54) is 16.7 Å². The molecule has 0 heterocycles. The summed E-state index contributed by atoms with van der Waals surface area (Å²) in [6, 6.07) is 0. The molecule has 0 radical (unpaired) electrons. The maximum Gasteiger partial charge on any atom is -0.0108 e. The van der Waals surface area contributed by atoms with E-state index in [9.17, 15) is 0 Å². The molecule has 1 aliphatic carbocycles. The summed E-state index contributed by atoms with van der Waals surface area (Å²) in [6.45, 7) is 8.29. The van der Waals surface area contributed by atoms with Gasteiger partial charge in [0, 0.05) is 0 Å². The fraction of sp³-hybridized carbons (Fsp3) is 0.500. The second-order valence-corrected chi connectivity index (χ2v) is 2.66. The van der Waals surface area contributed by atoms with E-state index in [0.717, 1.165) is 12.8 Å². The summed E-state index contributed by atoms with van der Waals surface area (Å²) in [5.74, 6) is 0. The average Bonchev–Trinajstić information content (AvgIpc) is 1.85. The molecule has 0 spiro atoms. The SMILES string of the molecule is C=C1CC(C)=C(C)C1.